The summed E-state index contributed by atoms with van der Waals surface area (Å²) in [5, 5.41) is 0. The monoisotopic (exact) mass is 257 g/mol. The van der Waals surface area contributed by atoms with E-state index < -0.39 is 16.6 Å². The topological polar surface area (TPSA) is 52.3 Å². The summed E-state index contributed by atoms with van der Waals surface area (Å²) in [6, 6.07) is 4.57. The molecular weight excluding hydrogens is 241 g/mol. The van der Waals surface area contributed by atoms with Crippen molar-refractivity contribution >= 4 is 16.5 Å². The Bertz CT molecular complexity index is 419. The van der Waals surface area contributed by atoms with E-state index in [2.05, 4.69) is 0 Å². The van der Waals surface area contributed by atoms with Crippen LogP contribution >= 0.6 is 0 Å². The molecule has 1 aromatic rings. The zero-order valence-electron chi connectivity index (χ0n) is 9.52. The molecule has 1 aliphatic heterocycles. The number of rotatable bonds is 4. The Morgan fingerprint density at radius 3 is 3.00 bits per heavy atom. The molecule has 2 rings (SSSR count). The van der Waals surface area contributed by atoms with Crippen LogP contribution in [0.5, 0.6) is 0 Å². The van der Waals surface area contributed by atoms with Crippen molar-refractivity contribution in [2.45, 2.75) is 24.7 Å². The minimum atomic E-state index is -1.01. The normalized spacial score (nSPS) is 21.6. The molecule has 1 saturated heterocycles. The summed E-state index contributed by atoms with van der Waals surface area (Å²) < 4.78 is 30.4. The average molecular weight is 257 g/mol. The summed E-state index contributed by atoms with van der Waals surface area (Å²) >= 11 is 0. The lowest BCUT2D eigenvalue weighted by molar-refractivity contribution is 0.128. The third kappa shape index (κ3) is 3.51. The molecule has 2 atom stereocenters. The van der Waals surface area contributed by atoms with Crippen LogP contribution in [0.2, 0.25) is 0 Å². The number of hydrogen-bond acceptors (Lipinski definition) is 3. The summed E-state index contributed by atoms with van der Waals surface area (Å²) in [6.07, 6.45) is 2.12. The fourth-order valence-corrected chi connectivity index (χ4v) is 3.24. The van der Waals surface area contributed by atoms with Gasteiger partial charge in [-0.1, -0.05) is 6.07 Å². The number of anilines is 1. The number of ether oxygens (including phenoxy) is 1. The third-order valence-electron chi connectivity index (χ3n) is 2.79. The van der Waals surface area contributed by atoms with E-state index in [0.29, 0.717) is 17.1 Å². The second-order valence-electron chi connectivity index (χ2n) is 4.24. The van der Waals surface area contributed by atoms with E-state index in [0.717, 1.165) is 19.4 Å². The van der Waals surface area contributed by atoms with Crippen molar-refractivity contribution in [2.75, 3.05) is 18.1 Å². The van der Waals surface area contributed by atoms with E-state index >= 15 is 0 Å². The Balaban J connectivity index is 1.90. The molecule has 94 valence electrons. The number of nitrogen functional groups attached to an aromatic ring is 1. The summed E-state index contributed by atoms with van der Waals surface area (Å²) in [5.74, 6) is 0.444. The summed E-state index contributed by atoms with van der Waals surface area (Å²) in [5.41, 5.74) is 6.22. The van der Waals surface area contributed by atoms with Crippen molar-refractivity contribution in [3.63, 3.8) is 0 Å². The van der Waals surface area contributed by atoms with Gasteiger partial charge in [-0.2, -0.15) is 0 Å². The van der Waals surface area contributed by atoms with Crippen LogP contribution in [0.15, 0.2) is 18.2 Å². The molecule has 2 N–H and O–H groups in total. The standard InChI is InChI=1S/C12H16FNO2S/c13-11-6-9(3-4-12(11)14)7-17(15)8-10-2-1-5-16-10/h3-4,6,10H,1-2,5,7-8,14H2. The fraction of sp³-hybridized carbons (Fsp3) is 0.500. The largest absolute Gasteiger partial charge is 0.396 e. The van der Waals surface area contributed by atoms with E-state index in [4.69, 9.17) is 10.5 Å². The maximum absolute atomic E-state index is 13.2. The van der Waals surface area contributed by atoms with Gasteiger partial charge in [0.15, 0.2) is 0 Å². The Kier molecular flexibility index (Phi) is 4.12. The van der Waals surface area contributed by atoms with Gasteiger partial charge in [0.25, 0.3) is 0 Å². The van der Waals surface area contributed by atoms with E-state index in [-0.39, 0.29) is 11.8 Å². The molecule has 1 fully saturated rings. The first-order valence-corrected chi connectivity index (χ1v) is 7.14. The van der Waals surface area contributed by atoms with Crippen molar-refractivity contribution in [2.24, 2.45) is 0 Å². The van der Waals surface area contributed by atoms with E-state index in [9.17, 15) is 8.60 Å². The van der Waals surface area contributed by atoms with Crippen molar-refractivity contribution in [1.29, 1.82) is 0 Å². The average Bonchev–Trinajstić information content (AvgIpc) is 2.76. The first-order valence-electron chi connectivity index (χ1n) is 5.65. The summed E-state index contributed by atoms with van der Waals surface area (Å²) in [7, 11) is -1.01. The highest BCUT2D eigenvalue weighted by Crippen LogP contribution is 2.16. The maximum atomic E-state index is 13.2. The Labute approximate surface area is 103 Å². The highest BCUT2D eigenvalue weighted by atomic mass is 32.2. The van der Waals surface area contributed by atoms with E-state index in [1.54, 1.807) is 6.07 Å². The van der Waals surface area contributed by atoms with Crippen molar-refractivity contribution < 1.29 is 13.3 Å². The van der Waals surface area contributed by atoms with Crippen LogP contribution in [0.1, 0.15) is 18.4 Å². The number of halogens is 1. The molecule has 2 unspecified atom stereocenters. The van der Waals surface area contributed by atoms with Crippen LogP contribution in [0.25, 0.3) is 0 Å². The number of benzene rings is 1. The molecule has 0 aromatic heterocycles. The van der Waals surface area contributed by atoms with E-state index in [1.807, 2.05) is 0 Å². The van der Waals surface area contributed by atoms with E-state index in [1.165, 1.54) is 12.1 Å². The number of hydrogen-bond donors (Lipinski definition) is 1. The first kappa shape index (κ1) is 12.5. The molecule has 1 aromatic carbocycles. The zero-order valence-corrected chi connectivity index (χ0v) is 10.3. The van der Waals surface area contributed by atoms with Gasteiger partial charge in [0.1, 0.15) is 5.82 Å². The van der Waals surface area contributed by atoms with Crippen LogP contribution in [-0.4, -0.2) is 22.7 Å². The van der Waals surface area contributed by atoms with Gasteiger partial charge in [0.05, 0.1) is 17.5 Å². The van der Waals surface area contributed by atoms with Gasteiger partial charge in [-0.25, -0.2) is 4.39 Å². The lowest BCUT2D eigenvalue weighted by atomic mass is 10.2. The second-order valence-corrected chi connectivity index (χ2v) is 5.74. The predicted molar refractivity (Wildman–Crippen MR) is 66.5 cm³/mol. The molecule has 0 aliphatic carbocycles. The molecule has 3 nitrogen and oxygen atoms in total. The Morgan fingerprint density at radius 1 is 1.53 bits per heavy atom. The second kappa shape index (κ2) is 5.60. The van der Waals surface area contributed by atoms with Crippen LogP contribution < -0.4 is 5.73 Å². The molecule has 5 heteroatoms. The van der Waals surface area contributed by atoms with Crippen LogP contribution in [0.4, 0.5) is 10.1 Å². The van der Waals surface area contributed by atoms with Crippen LogP contribution in [-0.2, 0) is 21.3 Å². The summed E-state index contributed by atoms with van der Waals surface area (Å²) in [6.45, 7) is 0.762. The number of nitrogens with two attached hydrogens (primary N) is 1. The lowest BCUT2D eigenvalue weighted by Gasteiger charge is -2.09. The zero-order chi connectivity index (χ0) is 12.3. The van der Waals surface area contributed by atoms with Gasteiger partial charge in [-0.05, 0) is 30.5 Å². The molecule has 1 heterocycles. The van der Waals surface area contributed by atoms with Crippen LogP contribution in [0, 0.1) is 5.82 Å². The minimum absolute atomic E-state index is 0.106. The molecule has 0 radical (unpaired) electrons. The SMILES string of the molecule is Nc1ccc(CS(=O)CC2CCCO2)cc1F. The van der Waals surface area contributed by atoms with Gasteiger partial charge in [0.2, 0.25) is 0 Å². The molecule has 0 bridgehead atoms. The van der Waals surface area contributed by atoms with Gasteiger partial charge in [-0.3, -0.25) is 4.21 Å². The van der Waals surface area contributed by atoms with Crippen molar-refractivity contribution in [1.82, 2.24) is 0 Å². The molecular formula is C12H16FNO2S. The highest BCUT2D eigenvalue weighted by Gasteiger charge is 2.18. The van der Waals surface area contributed by atoms with Gasteiger partial charge in [-0.15, -0.1) is 0 Å². The lowest BCUT2D eigenvalue weighted by Crippen LogP contribution is -2.16. The van der Waals surface area contributed by atoms with Gasteiger partial charge in [0, 0.05) is 23.2 Å². The molecule has 0 amide bonds. The molecule has 0 spiro atoms. The smallest absolute Gasteiger partial charge is 0.146 e. The van der Waals surface area contributed by atoms with Crippen LogP contribution in [0.3, 0.4) is 0 Å². The third-order valence-corrected chi connectivity index (χ3v) is 4.19. The quantitative estimate of drug-likeness (QED) is 0.837. The van der Waals surface area contributed by atoms with Gasteiger partial charge >= 0.3 is 0 Å². The predicted octanol–water partition coefficient (Wildman–Crippen LogP) is 1.84. The molecule has 17 heavy (non-hydrogen) atoms. The maximum Gasteiger partial charge on any atom is 0.146 e. The van der Waals surface area contributed by atoms with Crippen molar-refractivity contribution in [3.8, 4) is 0 Å². The summed E-state index contributed by atoms with van der Waals surface area (Å²) in [4.78, 5) is 0. The van der Waals surface area contributed by atoms with Gasteiger partial charge < -0.3 is 10.5 Å². The van der Waals surface area contributed by atoms with Crippen molar-refractivity contribution in [3.05, 3.63) is 29.6 Å². The molecule has 0 saturated carbocycles. The highest BCUT2D eigenvalue weighted by molar-refractivity contribution is 7.84. The Morgan fingerprint density at radius 2 is 2.35 bits per heavy atom. The molecule has 1 aliphatic rings. The minimum Gasteiger partial charge on any atom is -0.396 e. The Hall–Kier alpha value is -0.940. The fourth-order valence-electron chi connectivity index (χ4n) is 1.89. The first-order chi connectivity index (χ1) is 8.15.